The molecule has 0 aliphatic carbocycles. The van der Waals surface area contributed by atoms with E-state index in [1.54, 1.807) is 0 Å². The first-order chi connectivity index (χ1) is 44.1. The monoisotopic (exact) mass is 1200 g/mol. The summed E-state index contributed by atoms with van der Waals surface area (Å²) < 4.78 is 8.59. The van der Waals surface area contributed by atoms with Gasteiger partial charge in [-0.1, -0.05) is 259 Å². The Labute approximate surface area is 520 Å². The van der Waals surface area contributed by atoms with Crippen LogP contribution in [0.4, 0.5) is 0 Å². The summed E-state index contributed by atoms with van der Waals surface area (Å²) in [5.41, 5.74) is 13.3. The minimum absolute atomic E-state index is 1.14. The number of aromatic amines is 1. The third kappa shape index (κ3) is 7.92. The molecule has 0 spiro atoms. The standard InChI is InChI=1S/C42H26N2.C32H20N2.C10H7Br/c1-2-15-30(16-3-1)43-37-25-23-28-13-6-7-17-32(28)38(37)39-33-18-8-9-19-34(33)41-40(42(39)43)35-20-10-11-21-36(35)44(41)31-24-22-27-12-4-5-14-29(27)26-31;1-2-11-21(12-3-1)34-27-19-18-20-10-4-5-13-22(20)28(27)29-23-14-6-7-15-24(23)31-30(32(29)34)25-16-8-9-17-26(25)33-31;11-10-6-5-8-3-1-2-4-9(8)7-10/h1-26H;1-19,33H;1-7H. The molecule has 0 aliphatic heterocycles. The molecule has 4 heterocycles. The lowest BCUT2D eigenvalue weighted by molar-refractivity contribution is 1.18. The number of H-pyrrole nitrogens is 1. The minimum Gasteiger partial charge on any atom is -0.354 e. The zero-order valence-corrected chi connectivity index (χ0v) is 49.8. The molecule has 16 aromatic carbocycles. The Morgan fingerprint density at radius 2 is 0.640 bits per heavy atom. The van der Waals surface area contributed by atoms with E-state index in [2.05, 4.69) is 350 Å². The van der Waals surface area contributed by atoms with Crippen molar-refractivity contribution in [3.63, 3.8) is 0 Å². The Bertz CT molecular complexity index is 6240. The molecule has 1 N–H and O–H groups in total. The predicted octanol–water partition coefficient (Wildman–Crippen LogP) is 23.7. The van der Waals surface area contributed by atoms with Crippen LogP contribution in [0.3, 0.4) is 0 Å². The molecule has 0 amide bonds. The quantitative estimate of drug-likeness (QED) is 0.183. The molecule has 4 aromatic heterocycles. The van der Waals surface area contributed by atoms with Gasteiger partial charge in [-0.15, -0.1) is 0 Å². The molecule has 0 unspecified atom stereocenters. The van der Waals surface area contributed by atoms with Gasteiger partial charge in [-0.25, -0.2) is 0 Å². The van der Waals surface area contributed by atoms with Crippen LogP contribution in [0.2, 0.25) is 0 Å². The fraction of sp³-hybridized carbons (Fsp3) is 0. The van der Waals surface area contributed by atoms with Crippen LogP contribution in [-0.4, -0.2) is 18.7 Å². The van der Waals surface area contributed by atoms with Gasteiger partial charge in [0, 0.05) is 80.9 Å². The molecule has 0 radical (unpaired) electrons. The number of hydrogen-bond donors (Lipinski definition) is 1. The Morgan fingerprint density at radius 3 is 1.25 bits per heavy atom. The number of para-hydroxylation sites is 4. The molecule has 416 valence electrons. The van der Waals surface area contributed by atoms with Gasteiger partial charge in [0.1, 0.15) is 0 Å². The summed E-state index contributed by atoms with van der Waals surface area (Å²) in [5, 5.41) is 25.6. The van der Waals surface area contributed by atoms with Crippen LogP contribution in [-0.2, 0) is 0 Å². The molecule has 0 bridgehead atoms. The molecule has 0 fully saturated rings. The lowest BCUT2D eigenvalue weighted by Crippen LogP contribution is -1.96. The first kappa shape index (κ1) is 51.0. The van der Waals surface area contributed by atoms with Gasteiger partial charge in [-0.2, -0.15) is 0 Å². The Balaban J connectivity index is 0.000000116. The highest BCUT2D eigenvalue weighted by Gasteiger charge is 2.27. The fourth-order valence-electron chi connectivity index (χ4n) is 14.7. The van der Waals surface area contributed by atoms with Crippen molar-refractivity contribution in [2.75, 3.05) is 0 Å². The average molecular weight is 1200 g/mol. The Morgan fingerprint density at radius 1 is 0.225 bits per heavy atom. The molecular formula is C84H53BrN4. The zero-order chi connectivity index (χ0) is 58.7. The largest absolute Gasteiger partial charge is 0.354 e. The lowest BCUT2D eigenvalue weighted by atomic mass is 9.97. The van der Waals surface area contributed by atoms with Crippen LogP contribution < -0.4 is 0 Å². The minimum atomic E-state index is 1.14. The summed E-state index contributed by atoms with van der Waals surface area (Å²) in [4.78, 5) is 3.76. The van der Waals surface area contributed by atoms with Gasteiger partial charge in [-0.05, 0) is 127 Å². The van der Waals surface area contributed by atoms with Crippen molar-refractivity contribution in [1.82, 2.24) is 18.7 Å². The summed E-state index contributed by atoms with van der Waals surface area (Å²) in [6.45, 7) is 0. The van der Waals surface area contributed by atoms with E-state index >= 15 is 0 Å². The summed E-state index contributed by atoms with van der Waals surface area (Å²) >= 11 is 3.43. The second-order valence-corrected chi connectivity index (χ2v) is 24.2. The smallest absolute Gasteiger partial charge is 0.0648 e. The highest BCUT2D eigenvalue weighted by Crippen LogP contribution is 2.50. The van der Waals surface area contributed by atoms with E-state index in [0.717, 1.165) is 4.47 Å². The van der Waals surface area contributed by atoms with Crippen LogP contribution in [0.1, 0.15) is 0 Å². The summed E-state index contributed by atoms with van der Waals surface area (Å²) in [6, 6.07) is 114. The van der Waals surface area contributed by atoms with Crippen molar-refractivity contribution in [1.29, 1.82) is 0 Å². The summed E-state index contributed by atoms with van der Waals surface area (Å²) in [6.07, 6.45) is 0. The molecule has 0 aliphatic rings. The highest BCUT2D eigenvalue weighted by molar-refractivity contribution is 9.10. The normalized spacial score (nSPS) is 11.9. The zero-order valence-electron chi connectivity index (χ0n) is 48.2. The summed E-state index contributed by atoms with van der Waals surface area (Å²) in [7, 11) is 0. The molecule has 0 saturated heterocycles. The first-order valence-corrected chi connectivity index (χ1v) is 31.2. The number of benzene rings is 16. The number of nitrogens with one attached hydrogen (secondary N) is 1. The van der Waals surface area contributed by atoms with Crippen molar-refractivity contribution in [3.05, 3.63) is 320 Å². The second kappa shape index (κ2) is 20.5. The van der Waals surface area contributed by atoms with E-state index in [0.29, 0.717) is 0 Å². The van der Waals surface area contributed by atoms with E-state index in [1.165, 1.54) is 169 Å². The topological polar surface area (TPSA) is 30.6 Å². The molecule has 0 saturated carbocycles. The third-order valence-electron chi connectivity index (χ3n) is 18.4. The molecule has 20 aromatic rings. The van der Waals surface area contributed by atoms with Gasteiger partial charge in [0.25, 0.3) is 0 Å². The third-order valence-corrected chi connectivity index (χ3v) is 18.9. The van der Waals surface area contributed by atoms with E-state index in [-0.39, 0.29) is 0 Å². The van der Waals surface area contributed by atoms with Crippen LogP contribution in [0, 0.1) is 0 Å². The Kier molecular flexibility index (Phi) is 11.7. The van der Waals surface area contributed by atoms with E-state index < -0.39 is 0 Å². The van der Waals surface area contributed by atoms with Crippen LogP contribution >= 0.6 is 15.9 Å². The highest BCUT2D eigenvalue weighted by atomic mass is 79.9. The molecule has 20 rings (SSSR count). The molecule has 4 nitrogen and oxygen atoms in total. The number of fused-ring (bicyclic) bond motifs is 26. The van der Waals surface area contributed by atoms with Gasteiger partial charge < -0.3 is 18.7 Å². The van der Waals surface area contributed by atoms with E-state index in [4.69, 9.17) is 0 Å². The number of nitrogens with zero attached hydrogens (tertiary/aromatic N) is 3. The maximum Gasteiger partial charge on any atom is 0.0648 e. The lowest BCUT2D eigenvalue weighted by Gasteiger charge is -2.13. The first-order valence-electron chi connectivity index (χ1n) is 30.4. The van der Waals surface area contributed by atoms with E-state index in [1.807, 2.05) is 0 Å². The van der Waals surface area contributed by atoms with Gasteiger partial charge in [0.05, 0.1) is 38.6 Å². The van der Waals surface area contributed by atoms with Gasteiger partial charge in [-0.3, -0.25) is 0 Å². The van der Waals surface area contributed by atoms with Crippen LogP contribution in [0.5, 0.6) is 0 Å². The number of halogens is 1. The Hall–Kier alpha value is -11.2. The van der Waals surface area contributed by atoms with Crippen molar-refractivity contribution >= 4 is 168 Å². The van der Waals surface area contributed by atoms with E-state index in [9.17, 15) is 0 Å². The average Bonchev–Trinajstić information content (AvgIpc) is 1.63. The van der Waals surface area contributed by atoms with Gasteiger partial charge in [0.15, 0.2) is 0 Å². The maximum atomic E-state index is 3.76. The van der Waals surface area contributed by atoms with Crippen molar-refractivity contribution in [3.8, 4) is 17.1 Å². The van der Waals surface area contributed by atoms with Crippen LogP contribution in [0.15, 0.2) is 320 Å². The van der Waals surface area contributed by atoms with Gasteiger partial charge >= 0.3 is 0 Å². The fourth-order valence-corrected chi connectivity index (χ4v) is 15.1. The second-order valence-electron chi connectivity index (χ2n) is 23.3. The van der Waals surface area contributed by atoms with Crippen molar-refractivity contribution in [2.24, 2.45) is 0 Å². The maximum absolute atomic E-state index is 3.76. The molecule has 89 heavy (non-hydrogen) atoms. The predicted molar refractivity (Wildman–Crippen MR) is 384 cm³/mol. The van der Waals surface area contributed by atoms with Crippen molar-refractivity contribution in [2.45, 2.75) is 0 Å². The summed E-state index contributed by atoms with van der Waals surface area (Å²) in [5.74, 6) is 0. The van der Waals surface area contributed by atoms with Gasteiger partial charge in [0.2, 0.25) is 0 Å². The van der Waals surface area contributed by atoms with Crippen molar-refractivity contribution < 1.29 is 0 Å². The molecule has 5 heteroatoms. The molecule has 0 atom stereocenters. The molecular weight excluding hydrogens is 1140 g/mol. The SMILES string of the molecule is Brc1ccc2ccccc2c1.c1ccc(-n2c3ccc4ccccc4c3c3c4ccccc4c4[nH]c5ccccc5c4c32)cc1.c1ccc(-n2c3ccc4ccccc4c3c3c4ccccc4c4c(c5ccccc5n4-c4ccc5ccccc5c4)c32)cc1. The number of rotatable bonds is 3. The number of hydrogen-bond acceptors (Lipinski definition) is 0. The number of aromatic nitrogens is 4. The van der Waals surface area contributed by atoms with Crippen LogP contribution in [0.25, 0.3) is 169 Å².